The molecule has 0 unspecified atom stereocenters. The molecule has 57 heavy (non-hydrogen) atoms. The van der Waals surface area contributed by atoms with Gasteiger partial charge >= 0.3 is 0 Å². The molecule has 0 saturated carbocycles. The quantitative estimate of drug-likeness (QED) is 0.163. The van der Waals surface area contributed by atoms with Gasteiger partial charge in [-0.1, -0.05) is 182 Å². The van der Waals surface area contributed by atoms with E-state index in [1.54, 1.807) is 0 Å². The monoisotopic (exact) mass is 727 g/mol. The number of para-hydroxylation sites is 2. The van der Waals surface area contributed by atoms with Gasteiger partial charge in [-0.3, -0.25) is 0 Å². The third-order valence-electron chi connectivity index (χ3n) is 11.7. The lowest BCUT2D eigenvalue weighted by Gasteiger charge is -2.34. The van der Waals surface area contributed by atoms with E-state index in [0.717, 1.165) is 44.6 Å². The fourth-order valence-electron chi connectivity index (χ4n) is 9.34. The molecule has 9 aromatic carbocycles. The third-order valence-corrected chi connectivity index (χ3v) is 11.7. The lowest BCUT2D eigenvalue weighted by molar-refractivity contribution is 0.668. The van der Waals surface area contributed by atoms with E-state index in [4.69, 9.17) is 4.42 Å². The third kappa shape index (κ3) is 5.18. The van der Waals surface area contributed by atoms with Gasteiger partial charge in [-0.25, -0.2) is 0 Å². The number of fused-ring (bicyclic) bond motifs is 6. The highest BCUT2D eigenvalue weighted by Gasteiger charge is 2.47. The molecule has 2 nitrogen and oxygen atoms in total. The zero-order chi connectivity index (χ0) is 37.8. The van der Waals surface area contributed by atoms with Crippen molar-refractivity contribution < 1.29 is 4.42 Å². The lowest BCUT2D eigenvalue weighted by atomic mass is 9.66. The predicted octanol–water partition coefficient (Wildman–Crippen LogP) is 14.8. The summed E-state index contributed by atoms with van der Waals surface area (Å²) in [7, 11) is 0. The van der Waals surface area contributed by atoms with Crippen molar-refractivity contribution in [2.75, 3.05) is 4.90 Å². The van der Waals surface area contributed by atoms with Crippen molar-refractivity contribution in [3.8, 4) is 33.4 Å². The van der Waals surface area contributed by atoms with E-state index in [-0.39, 0.29) is 0 Å². The molecule has 10 aromatic rings. The minimum atomic E-state index is -0.553. The number of nitrogens with zero attached hydrogens (tertiary/aromatic N) is 1. The van der Waals surface area contributed by atoms with Gasteiger partial charge in [0, 0.05) is 22.1 Å². The molecule has 0 saturated heterocycles. The Morgan fingerprint density at radius 1 is 0.368 bits per heavy atom. The van der Waals surface area contributed by atoms with Crippen LogP contribution in [0.1, 0.15) is 22.3 Å². The van der Waals surface area contributed by atoms with E-state index in [9.17, 15) is 0 Å². The first-order chi connectivity index (χ1) is 28.3. The molecule has 11 rings (SSSR count). The lowest BCUT2D eigenvalue weighted by Crippen LogP contribution is -2.28. The average molecular weight is 728 g/mol. The Balaban J connectivity index is 1.14. The minimum Gasteiger partial charge on any atom is -0.454 e. The standard InChI is InChI=1S/C55H37NO/c1-4-18-38(19-5-1)39-20-14-21-40(36-39)41-22-15-27-44(37-41)56(43-25-8-3-9-26-43)51-34-16-30-47-53-50(33-17-35-52(53)57-54(47)51)55(42-23-6-2-7-24-42)48-31-12-10-28-45(48)46-29-11-13-32-49(46)55/h1-37H. The summed E-state index contributed by atoms with van der Waals surface area (Å²) in [5.74, 6) is 0. The summed E-state index contributed by atoms with van der Waals surface area (Å²) in [5, 5.41) is 2.21. The average Bonchev–Trinajstić information content (AvgIpc) is 3.83. The van der Waals surface area contributed by atoms with Crippen LogP contribution >= 0.6 is 0 Å². The fourth-order valence-corrected chi connectivity index (χ4v) is 9.34. The van der Waals surface area contributed by atoms with E-state index >= 15 is 0 Å². The Bertz CT molecular complexity index is 3030. The van der Waals surface area contributed by atoms with Gasteiger partial charge in [0.1, 0.15) is 5.58 Å². The fraction of sp³-hybridized carbons (Fsp3) is 0.0182. The molecule has 0 radical (unpaired) electrons. The summed E-state index contributed by atoms with van der Waals surface area (Å²) in [6.07, 6.45) is 0. The van der Waals surface area contributed by atoms with E-state index in [2.05, 4.69) is 229 Å². The number of hydrogen-bond donors (Lipinski definition) is 0. The Kier molecular flexibility index (Phi) is 7.75. The molecule has 1 aliphatic carbocycles. The first-order valence-electron chi connectivity index (χ1n) is 19.6. The van der Waals surface area contributed by atoms with Crippen LogP contribution in [0.4, 0.5) is 17.1 Å². The molecule has 1 aliphatic rings. The molecule has 268 valence electrons. The number of benzene rings is 9. The van der Waals surface area contributed by atoms with E-state index in [1.165, 1.54) is 50.1 Å². The number of furan rings is 1. The van der Waals surface area contributed by atoms with Crippen LogP contribution < -0.4 is 4.90 Å². The predicted molar refractivity (Wildman–Crippen MR) is 237 cm³/mol. The summed E-state index contributed by atoms with van der Waals surface area (Å²) in [6, 6.07) is 80.9. The van der Waals surface area contributed by atoms with Crippen LogP contribution in [0.3, 0.4) is 0 Å². The van der Waals surface area contributed by atoms with E-state index in [0.29, 0.717) is 0 Å². The van der Waals surface area contributed by atoms with Crippen molar-refractivity contribution in [3.05, 3.63) is 247 Å². The maximum atomic E-state index is 7.10. The van der Waals surface area contributed by atoms with Crippen LogP contribution in [-0.4, -0.2) is 0 Å². The zero-order valence-corrected chi connectivity index (χ0v) is 31.2. The zero-order valence-electron chi connectivity index (χ0n) is 31.2. The number of anilines is 3. The van der Waals surface area contributed by atoms with Crippen LogP contribution in [0, 0.1) is 0 Å². The van der Waals surface area contributed by atoms with Crippen molar-refractivity contribution in [2.24, 2.45) is 0 Å². The van der Waals surface area contributed by atoms with Gasteiger partial charge in [0.2, 0.25) is 0 Å². The van der Waals surface area contributed by atoms with Crippen molar-refractivity contribution >= 4 is 39.0 Å². The molecule has 0 aliphatic heterocycles. The van der Waals surface area contributed by atoms with Crippen LogP contribution in [0.5, 0.6) is 0 Å². The first-order valence-corrected chi connectivity index (χ1v) is 19.6. The van der Waals surface area contributed by atoms with Crippen molar-refractivity contribution in [2.45, 2.75) is 5.41 Å². The van der Waals surface area contributed by atoms with Gasteiger partial charge in [0.15, 0.2) is 5.58 Å². The molecule has 2 heteroatoms. The van der Waals surface area contributed by atoms with E-state index < -0.39 is 5.41 Å². The van der Waals surface area contributed by atoms with Gasteiger partial charge in [-0.2, -0.15) is 0 Å². The topological polar surface area (TPSA) is 16.4 Å². The Labute approximate surface area is 332 Å². The maximum absolute atomic E-state index is 7.10. The highest BCUT2D eigenvalue weighted by Crippen LogP contribution is 2.58. The first kappa shape index (κ1) is 33.0. The molecule has 0 N–H and O–H groups in total. The molecule has 0 spiro atoms. The molecule has 0 fully saturated rings. The van der Waals surface area contributed by atoms with E-state index in [1.807, 2.05) is 0 Å². The summed E-state index contributed by atoms with van der Waals surface area (Å²) in [6.45, 7) is 0. The van der Waals surface area contributed by atoms with Crippen molar-refractivity contribution in [1.29, 1.82) is 0 Å². The summed E-state index contributed by atoms with van der Waals surface area (Å²) >= 11 is 0. The molecule has 0 bridgehead atoms. The molecule has 1 heterocycles. The molecule has 0 amide bonds. The van der Waals surface area contributed by atoms with Crippen LogP contribution in [-0.2, 0) is 5.41 Å². The van der Waals surface area contributed by atoms with Crippen LogP contribution in [0.2, 0.25) is 0 Å². The second-order valence-electron chi connectivity index (χ2n) is 14.8. The van der Waals surface area contributed by atoms with Crippen molar-refractivity contribution in [3.63, 3.8) is 0 Å². The second-order valence-corrected chi connectivity index (χ2v) is 14.8. The highest BCUT2D eigenvalue weighted by atomic mass is 16.3. The van der Waals surface area contributed by atoms with Gasteiger partial charge < -0.3 is 9.32 Å². The molecule has 1 aromatic heterocycles. The number of hydrogen-bond acceptors (Lipinski definition) is 2. The second kappa shape index (κ2) is 13.4. The molecular weight excluding hydrogens is 691 g/mol. The van der Waals surface area contributed by atoms with Crippen LogP contribution in [0.25, 0.3) is 55.3 Å². The van der Waals surface area contributed by atoms with Gasteiger partial charge in [0.05, 0.1) is 11.1 Å². The maximum Gasteiger partial charge on any atom is 0.159 e. The summed E-state index contributed by atoms with van der Waals surface area (Å²) in [5.41, 5.74) is 16.5. The van der Waals surface area contributed by atoms with Gasteiger partial charge in [0.25, 0.3) is 0 Å². The SMILES string of the molecule is c1ccc(-c2cccc(-c3cccc(N(c4ccccc4)c4cccc5c4oc4cccc(C6(c7ccccc7)c7ccccc7-c7ccccc76)c45)c3)c2)cc1. The summed E-state index contributed by atoms with van der Waals surface area (Å²) in [4.78, 5) is 2.34. The largest absolute Gasteiger partial charge is 0.454 e. The molecular formula is C55H37NO. The Hall–Kier alpha value is -7.42. The van der Waals surface area contributed by atoms with Gasteiger partial charge in [-0.05, 0) is 98.1 Å². The Morgan fingerprint density at radius 2 is 0.877 bits per heavy atom. The molecule has 0 atom stereocenters. The van der Waals surface area contributed by atoms with Crippen LogP contribution in [0.15, 0.2) is 229 Å². The normalized spacial score (nSPS) is 12.7. The smallest absolute Gasteiger partial charge is 0.159 e. The Morgan fingerprint density at radius 3 is 1.60 bits per heavy atom. The highest BCUT2D eigenvalue weighted by molar-refractivity contribution is 6.13. The van der Waals surface area contributed by atoms with Crippen molar-refractivity contribution in [1.82, 2.24) is 0 Å². The summed E-state index contributed by atoms with van der Waals surface area (Å²) < 4.78 is 7.10. The van der Waals surface area contributed by atoms with Gasteiger partial charge in [-0.15, -0.1) is 0 Å². The number of rotatable bonds is 7. The minimum absolute atomic E-state index is 0.553.